The molecule has 1 N–H and O–H groups in total. The molecule has 1 aliphatic heterocycles. The minimum absolute atomic E-state index is 0.0587. The van der Waals surface area contributed by atoms with E-state index in [4.69, 9.17) is 12.2 Å². The molecule has 0 amide bonds. The van der Waals surface area contributed by atoms with E-state index in [-0.39, 0.29) is 17.8 Å². The summed E-state index contributed by atoms with van der Waals surface area (Å²) in [5, 5.41) is 15.1. The fraction of sp³-hybridized carbons (Fsp3) is 0.0833. The number of para-hydroxylation sites is 1. The molecule has 4 aromatic rings. The number of hydrogen-bond donors (Lipinski definition) is 1. The minimum atomic E-state index is -0.395. The maximum atomic E-state index is 11.1. The second-order valence-corrected chi connectivity index (χ2v) is 7.80. The van der Waals surface area contributed by atoms with Crippen molar-refractivity contribution in [2.45, 2.75) is 12.1 Å². The molecule has 2 aromatic heterocycles. The van der Waals surface area contributed by atoms with Crippen molar-refractivity contribution < 1.29 is 4.92 Å². The first-order valence-corrected chi connectivity index (χ1v) is 10.5. The number of benzene rings is 2. The highest BCUT2D eigenvalue weighted by Gasteiger charge is 2.42. The normalized spacial score (nSPS) is 17.9. The van der Waals surface area contributed by atoms with Gasteiger partial charge in [-0.2, -0.15) is 0 Å². The van der Waals surface area contributed by atoms with Gasteiger partial charge in [0, 0.05) is 41.6 Å². The molecular weight excluding hydrogens is 422 g/mol. The Morgan fingerprint density at radius 1 is 0.906 bits per heavy atom. The first kappa shape index (κ1) is 19.9. The van der Waals surface area contributed by atoms with E-state index in [9.17, 15) is 10.1 Å². The molecule has 5 rings (SSSR count). The van der Waals surface area contributed by atoms with Crippen LogP contribution in [0.15, 0.2) is 97.3 Å². The Labute approximate surface area is 190 Å². The second kappa shape index (κ2) is 8.24. The minimum Gasteiger partial charge on any atom is -0.351 e. The molecule has 32 heavy (non-hydrogen) atoms. The Morgan fingerprint density at radius 3 is 2.34 bits per heavy atom. The van der Waals surface area contributed by atoms with E-state index in [0.29, 0.717) is 5.11 Å². The summed E-state index contributed by atoms with van der Waals surface area (Å²) in [6.45, 7) is 0. The second-order valence-electron chi connectivity index (χ2n) is 7.41. The van der Waals surface area contributed by atoms with Gasteiger partial charge in [-0.25, -0.2) is 0 Å². The quantitative estimate of drug-likeness (QED) is 0.268. The maximum Gasteiger partial charge on any atom is 0.269 e. The molecule has 1 aliphatic rings. The molecule has 2 aromatic carbocycles. The Bertz CT molecular complexity index is 1260. The van der Waals surface area contributed by atoms with Crippen LogP contribution in [0.25, 0.3) is 5.69 Å². The molecule has 8 heteroatoms. The number of hydrogen-bond acceptors (Lipinski definition) is 4. The average molecular weight is 442 g/mol. The molecule has 7 nitrogen and oxygen atoms in total. The largest absolute Gasteiger partial charge is 0.351 e. The van der Waals surface area contributed by atoms with E-state index in [0.717, 1.165) is 22.8 Å². The van der Waals surface area contributed by atoms with Crippen molar-refractivity contribution in [2.24, 2.45) is 0 Å². The Hall–Kier alpha value is -4.04. The number of non-ortho nitro benzene ring substituents is 1. The number of thiocarbonyl (C=S) groups is 1. The van der Waals surface area contributed by atoms with Crippen LogP contribution in [0.1, 0.15) is 23.5 Å². The Balaban J connectivity index is 1.63. The zero-order valence-corrected chi connectivity index (χ0v) is 17.7. The zero-order chi connectivity index (χ0) is 22.1. The molecular formula is C24H19N5O2S. The molecule has 0 unspecified atom stereocenters. The molecule has 0 spiro atoms. The fourth-order valence-electron chi connectivity index (χ4n) is 4.13. The van der Waals surface area contributed by atoms with E-state index >= 15 is 0 Å². The van der Waals surface area contributed by atoms with Gasteiger partial charge in [0.05, 0.1) is 16.7 Å². The maximum absolute atomic E-state index is 11.1. The highest BCUT2D eigenvalue weighted by Crippen LogP contribution is 2.42. The van der Waals surface area contributed by atoms with Gasteiger partial charge in [0.15, 0.2) is 5.11 Å². The summed E-state index contributed by atoms with van der Waals surface area (Å²) in [6.07, 6.45) is 3.73. The van der Waals surface area contributed by atoms with E-state index in [1.165, 1.54) is 12.1 Å². The van der Waals surface area contributed by atoms with Crippen molar-refractivity contribution in [3.63, 3.8) is 0 Å². The number of pyridine rings is 1. The number of nitrogens with one attached hydrogen (secondary N) is 1. The smallest absolute Gasteiger partial charge is 0.269 e. The van der Waals surface area contributed by atoms with E-state index < -0.39 is 4.92 Å². The molecule has 3 heterocycles. The summed E-state index contributed by atoms with van der Waals surface area (Å²) in [5.41, 5.74) is 3.75. The van der Waals surface area contributed by atoms with Crippen molar-refractivity contribution in [2.75, 3.05) is 4.90 Å². The Kier molecular flexibility index (Phi) is 5.12. The number of nitro benzene ring substituents is 1. The third-order valence-electron chi connectivity index (χ3n) is 5.55. The predicted molar refractivity (Wildman–Crippen MR) is 127 cm³/mol. The summed E-state index contributed by atoms with van der Waals surface area (Å²) in [4.78, 5) is 17.4. The average Bonchev–Trinajstić information content (AvgIpc) is 3.44. The number of rotatable bonds is 5. The molecule has 1 fully saturated rings. The van der Waals surface area contributed by atoms with Gasteiger partial charge in [-0.05, 0) is 60.7 Å². The van der Waals surface area contributed by atoms with Crippen LogP contribution in [0.5, 0.6) is 0 Å². The lowest BCUT2D eigenvalue weighted by Crippen LogP contribution is -2.30. The number of anilines is 1. The monoisotopic (exact) mass is 441 g/mol. The summed E-state index contributed by atoms with van der Waals surface area (Å²) in [6, 6.07) is 26.1. The van der Waals surface area contributed by atoms with E-state index in [1.807, 2.05) is 71.4 Å². The molecule has 0 aliphatic carbocycles. The van der Waals surface area contributed by atoms with Crippen LogP contribution in [0.3, 0.4) is 0 Å². The van der Waals surface area contributed by atoms with Crippen molar-refractivity contribution in [1.29, 1.82) is 0 Å². The van der Waals surface area contributed by atoms with Gasteiger partial charge in [-0.1, -0.05) is 24.3 Å². The summed E-state index contributed by atoms with van der Waals surface area (Å²) < 4.78 is 2.04. The van der Waals surface area contributed by atoms with Crippen LogP contribution in [-0.4, -0.2) is 19.6 Å². The SMILES string of the molecule is O=[N+]([O-])c1ccc(-n2cccc2[C@H]2[C@@H](c3ccccn3)NC(=S)N2c2ccccc2)cc1. The molecule has 0 bridgehead atoms. The molecule has 2 atom stereocenters. The van der Waals surface area contributed by atoms with Crippen molar-refractivity contribution in [1.82, 2.24) is 14.9 Å². The molecule has 0 radical (unpaired) electrons. The number of nitro groups is 1. The van der Waals surface area contributed by atoms with Gasteiger partial charge in [0.25, 0.3) is 5.69 Å². The van der Waals surface area contributed by atoms with Gasteiger partial charge >= 0.3 is 0 Å². The number of nitrogens with zero attached hydrogens (tertiary/aromatic N) is 4. The van der Waals surface area contributed by atoms with Gasteiger partial charge in [-0.3, -0.25) is 15.1 Å². The van der Waals surface area contributed by atoms with E-state index in [1.54, 1.807) is 18.3 Å². The molecule has 1 saturated heterocycles. The van der Waals surface area contributed by atoms with Crippen LogP contribution < -0.4 is 10.2 Å². The van der Waals surface area contributed by atoms with Crippen molar-refractivity contribution in [3.05, 3.63) is 119 Å². The Morgan fingerprint density at radius 2 is 1.66 bits per heavy atom. The molecule has 0 saturated carbocycles. The van der Waals surface area contributed by atoms with Gasteiger partial charge in [0.2, 0.25) is 0 Å². The third-order valence-corrected chi connectivity index (χ3v) is 5.87. The van der Waals surface area contributed by atoms with Crippen molar-refractivity contribution in [3.8, 4) is 5.69 Å². The van der Waals surface area contributed by atoms with Gasteiger partial charge in [0.1, 0.15) is 6.04 Å². The predicted octanol–water partition coefficient (Wildman–Crippen LogP) is 4.96. The lowest BCUT2D eigenvalue weighted by atomic mass is 10.0. The first-order chi connectivity index (χ1) is 15.6. The van der Waals surface area contributed by atoms with E-state index in [2.05, 4.69) is 15.2 Å². The van der Waals surface area contributed by atoms with Crippen LogP contribution in [0.2, 0.25) is 0 Å². The van der Waals surface area contributed by atoms with Gasteiger partial charge in [-0.15, -0.1) is 0 Å². The van der Waals surface area contributed by atoms with Crippen molar-refractivity contribution >= 4 is 28.7 Å². The molecule has 158 valence electrons. The lowest BCUT2D eigenvalue weighted by molar-refractivity contribution is -0.384. The lowest BCUT2D eigenvalue weighted by Gasteiger charge is -2.29. The summed E-state index contributed by atoms with van der Waals surface area (Å²) in [5.74, 6) is 0. The highest BCUT2D eigenvalue weighted by molar-refractivity contribution is 7.80. The third kappa shape index (κ3) is 3.50. The fourth-order valence-corrected chi connectivity index (χ4v) is 4.47. The zero-order valence-electron chi connectivity index (χ0n) is 16.9. The topological polar surface area (TPSA) is 76.2 Å². The summed E-state index contributed by atoms with van der Waals surface area (Å²) >= 11 is 5.76. The number of aromatic nitrogens is 2. The van der Waals surface area contributed by atoms with Crippen LogP contribution >= 0.6 is 12.2 Å². The van der Waals surface area contributed by atoms with Gasteiger partial charge < -0.3 is 14.8 Å². The summed E-state index contributed by atoms with van der Waals surface area (Å²) in [7, 11) is 0. The highest BCUT2D eigenvalue weighted by atomic mass is 32.1. The standard InChI is InChI=1S/C24H19N5O2S/c30-29(31)19-13-11-17(12-14-19)27-16-6-10-21(27)23-22(20-9-4-5-15-25-20)26-24(32)28(23)18-7-2-1-3-8-18/h1-16,22-23H,(H,26,32)/t22-,23+/m1/s1. The van der Waals surface area contributed by atoms with Crippen LogP contribution in [0, 0.1) is 10.1 Å². The first-order valence-electron chi connectivity index (χ1n) is 10.1. The van der Waals surface area contributed by atoms with Crippen LogP contribution in [0.4, 0.5) is 11.4 Å². The van der Waals surface area contributed by atoms with Crippen LogP contribution in [-0.2, 0) is 0 Å².